The Labute approximate surface area is 135 Å². The van der Waals surface area contributed by atoms with E-state index in [2.05, 4.69) is 10.6 Å². The van der Waals surface area contributed by atoms with E-state index in [1.165, 1.54) is 11.0 Å². The predicted octanol–water partition coefficient (Wildman–Crippen LogP) is 1.54. The van der Waals surface area contributed by atoms with Gasteiger partial charge in [0, 0.05) is 19.5 Å². The van der Waals surface area contributed by atoms with Gasteiger partial charge in [0.2, 0.25) is 5.91 Å². The fourth-order valence-corrected chi connectivity index (χ4v) is 2.84. The first-order chi connectivity index (χ1) is 11.2. The van der Waals surface area contributed by atoms with Gasteiger partial charge in [-0.15, -0.1) is 0 Å². The summed E-state index contributed by atoms with van der Waals surface area (Å²) in [5.41, 5.74) is 0.425. The molecule has 4 amide bonds. The predicted molar refractivity (Wildman–Crippen MR) is 75.4 cm³/mol. The molecule has 128 valence electrons. The number of nitrogens with one attached hydrogen (secondary N) is 2. The Kier molecular flexibility index (Phi) is 3.94. The molecular formula is C15H14F3N3O3. The van der Waals surface area contributed by atoms with Crippen LogP contribution in [-0.2, 0) is 28.9 Å². The summed E-state index contributed by atoms with van der Waals surface area (Å²) in [5.74, 6) is -0.749. The van der Waals surface area contributed by atoms with Crippen LogP contribution in [0.1, 0.15) is 29.5 Å². The van der Waals surface area contributed by atoms with E-state index in [9.17, 15) is 27.6 Å². The maximum Gasteiger partial charge on any atom is 0.416 e. The molecule has 2 aliphatic heterocycles. The van der Waals surface area contributed by atoms with Gasteiger partial charge in [0.05, 0.1) is 5.56 Å². The number of hydrogen-bond donors (Lipinski definition) is 2. The van der Waals surface area contributed by atoms with Crippen LogP contribution >= 0.6 is 0 Å². The minimum Gasteiger partial charge on any atom is -0.334 e. The quantitative estimate of drug-likeness (QED) is 0.819. The maximum absolute atomic E-state index is 12.7. The van der Waals surface area contributed by atoms with Gasteiger partial charge >= 0.3 is 12.2 Å². The number of carbonyl (C=O) groups is 3. The number of halogens is 3. The summed E-state index contributed by atoms with van der Waals surface area (Å²) in [5, 5.41) is 4.47. The van der Waals surface area contributed by atoms with E-state index in [4.69, 9.17) is 0 Å². The van der Waals surface area contributed by atoms with Crippen LogP contribution in [-0.4, -0.2) is 28.8 Å². The molecule has 3 rings (SSSR count). The third-order valence-corrected chi connectivity index (χ3v) is 4.11. The number of benzene rings is 1. The molecule has 9 heteroatoms. The molecule has 0 bridgehead atoms. The Morgan fingerprint density at radius 1 is 1.21 bits per heavy atom. The van der Waals surface area contributed by atoms with E-state index in [-0.39, 0.29) is 31.8 Å². The summed E-state index contributed by atoms with van der Waals surface area (Å²) in [4.78, 5) is 36.0. The van der Waals surface area contributed by atoms with Gasteiger partial charge in [0.1, 0.15) is 6.04 Å². The second-order valence-corrected chi connectivity index (χ2v) is 5.79. The van der Waals surface area contributed by atoms with Gasteiger partial charge < -0.3 is 10.2 Å². The van der Waals surface area contributed by atoms with E-state index >= 15 is 0 Å². The summed E-state index contributed by atoms with van der Waals surface area (Å²) in [6.07, 6.45) is -4.24. The molecule has 1 aromatic rings. The summed E-state index contributed by atoms with van der Waals surface area (Å²) in [6.45, 7) is 0.358. The van der Waals surface area contributed by atoms with E-state index < -0.39 is 29.7 Å². The Bertz CT molecular complexity index is 718. The summed E-state index contributed by atoms with van der Waals surface area (Å²) < 4.78 is 38.2. The molecule has 2 heterocycles. The number of nitrogens with zero attached hydrogens (tertiary/aromatic N) is 1. The Balaban J connectivity index is 1.60. The smallest absolute Gasteiger partial charge is 0.334 e. The molecule has 2 N–H and O–H groups in total. The number of rotatable bonds is 3. The number of hydrogen-bond acceptors (Lipinski definition) is 3. The molecule has 0 radical (unpaired) electrons. The minimum atomic E-state index is -4.42. The first kappa shape index (κ1) is 16.3. The van der Waals surface area contributed by atoms with Crippen molar-refractivity contribution in [2.75, 3.05) is 0 Å². The van der Waals surface area contributed by atoms with Crippen LogP contribution in [0.25, 0.3) is 0 Å². The molecule has 6 nitrogen and oxygen atoms in total. The van der Waals surface area contributed by atoms with Crippen molar-refractivity contribution in [1.29, 1.82) is 0 Å². The molecule has 24 heavy (non-hydrogen) atoms. The molecule has 0 aliphatic carbocycles. The van der Waals surface area contributed by atoms with E-state index in [0.29, 0.717) is 11.1 Å². The number of urea groups is 1. The minimum absolute atomic E-state index is 0.0263. The van der Waals surface area contributed by atoms with Crippen molar-refractivity contribution < 1.29 is 27.6 Å². The Morgan fingerprint density at radius 3 is 2.54 bits per heavy atom. The SMILES string of the molecule is O=C1NC(=O)C(CCC(=O)N2Cc3ccc(C(F)(F)F)cc3C2)N1. The molecule has 2 aliphatic rings. The third kappa shape index (κ3) is 3.19. The summed E-state index contributed by atoms with van der Waals surface area (Å²) >= 11 is 0. The fraction of sp³-hybridized carbons (Fsp3) is 0.400. The van der Waals surface area contributed by atoms with Gasteiger partial charge in [-0.3, -0.25) is 14.9 Å². The van der Waals surface area contributed by atoms with Crippen LogP contribution in [0.3, 0.4) is 0 Å². The van der Waals surface area contributed by atoms with Crippen molar-refractivity contribution in [2.45, 2.75) is 38.1 Å². The van der Waals surface area contributed by atoms with Crippen molar-refractivity contribution in [3.63, 3.8) is 0 Å². The monoisotopic (exact) mass is 341 g/mol. The highest BCUT2D eigenvalue weighted by molar-refractivity contribution is 6.04. The van der Waals surface area contributed by atoms with E-state index in [1.54, 1.807) is 0 Å². The first-order valence-corrected chi connectivity index (χ1v) is 7.32. The average Bonchev–Trinajstić information content (AvgIpc) is 3.06. The molecular weight excluding hydrogens is 327 g/mol. The van der Waals surface area contributed by atoms with Gasteiger partial charge in [-0.05, 0) is 29.7 Å². The molecule has 0 spiro atoms. The summed E-state index contributed by atoms with van der Waals surface area (Å²) in [6, 6.07) is 2.11. The highest BCUT2D eigenvalue weighted by atomic mass is 19.4. The van der Waals surface area contributed by atoms with Crippen molar-refractivity contribution in [3.8, 4) is 0 Å². The lowest BCUT2D eigenvalue weighted by Crippen LogP contribution is -2.32. The number of amides is 4. The second-order valence-electron chi connectivity index (χ2n) is 5.79. The number of fused-ring (bicyclic) bond motifs is 1. The zero-order valence-electron chi connectivity index (χ0n) is 12.4. The lowest BCUT2D eigenvalue weighted by atomic mass is 10.1. The lowest BCUT2D eigenvalue weighted by molar-refractivity contribution is -0.137. The molecule has 1 saturated heterocycles. The van der Waals surface area contributed by atoms with Gasteiger partial charge in [-0.1, -0.05) is 6.07 Å². The van der Waals surface area contributed by atoms with E-state index in [1.807, 2.05) is 0 Å². The van der Waals surface area contributed by atoms with E-state index in [0.717, 1.165) is 12.1 Å². The average molecular weight is 341 g/mol. The number of imide groups is 1. The highest BCUT2D eigenvalue weighted by Gasteiger charge is 2.34. The van der Waals surface area contributed by atoms with Gasteiger partial charge in [-0.25, -0.2) is 4.79 Å². The van der Waals surface area contributed by atoms with Crippen LogP contribution in [0, 0.1) is 0 Å². The topological polar surface area (TPSA) is 78.5 Å². The van der Waals surface area contributed by atoms with Crippen LogP contribution in [0.4, 0.5) is 18.0 Å². The largest absolute Gasteiger partial charge is 0.416 e. The van der Waals surface area contributed by atoms with Gasteiger partial charge in [-0.2, -0.15) is 13.2 Å². The lowest BCUT2D eigenvalue weighted by Gasteiger charge is -2.16. The Morgan fingerprint density at radius 2 is 1.92 bits per heavy atom. The van der Waals surface area contributed by atoms with Crippen molar-refractivity contribution >= 4 is 17.8 Å². The zero-order valence-corrected chi connectivity index (χ0v) is 12.4. The second kappa shape index (κ2) is 5.81. The molecule has 1 aromatic carbocycles. The van der Waals surface area contributed by atoms with Crippen molar-refractivity contribution in [1.82, 2.24) is 15.5 Å². The zero-order chi connectivity index (χ0) is 17.5. The van der Waals surface area contributed by atoms with Crippen LogP contribution in [0.15, 0.2) is 18.2 Å². The number of alkyl halides is 3. The molecule has 1 fully saturated rings. The van der Waals surface area contributed by atoms with Crippen LogP contribution in [0.5, 0.6) is 0 Å². The van der Waals surface area contributed by atoms with Gasteiger partial charge in [0.15, 0.2) is 0 Å². The molecule has 1 unspecified atom stereocenters. The molecule has 1 atom stereocenters. The first-order valence-electron chi connectivity index (χ1n) is 7.32. The normalized spacial score (nSPS) is 20.0. The van der Waals surface area contributed by atoms with Crippen molar-refractivity contribution in [3.05, 3.63) is 34.9 Å². The van der Waals surface area contributed by atoms with Crippen LogP contribution in [0.2, 0.25) is 0 Å². The summed E-state index contributed by atoms with van der Waals surface area (Å²) in [7, 11) is 0. The Hall–Kier alpha value is -2.58. The molecule has 0 aromatic heterocycles. The van der Waals surface area contributed by atoms with Crippen molar-refractivity contribution in [2.24, 2.45) is 0 Å². The fourth-order valence-electron chi connectivity index (χ4n) is 2.84. The maximum atomic E-state index is 12.7. The third-order valence-electron chi connectivity index (χ3n) is 4.11. The van der Waals surface area contributed by atoms with Crippen LogP contribution < -0.4 is 10.6 Å². The van der Waals surface area contributed by atoms with Gasteiger partial charge in [0.25, 0.3) is 5.91 Å². The molecule has 0 saturated carbocycles. The highest BCUT2D eigenvalue weighted by Crippen LogP contribution is 2.33. The number of carbonyl (C=O) groups excluding carboxylic acids is 3. The standard InChI is InChI=1S/C15H14F3N3O3/c16-15(17,18)10-2-1-8-6-21(7-9(8)5-10)12(22)4-3-11-13(23)20-14(24)19-11/h1-2,5,11H,3-4,6-7H2,(H2,19,20,23,24).